The number of rotatable bonds is 8. The van der Waals surface area contributed by atoms with E-state index in [0.29, 0.717) is 22.2 Å². The molecular weight excluding hydrogens is 404 g/mol. The van der Waals surface area contributed by atoms with Gasteiger partial charge in [-0.1, -0.05) is 78.9 Å². The van der Waals surface area contributed by atoms with Crippen LogP contribution >= 0.6 is 0 Å². The van der Waals surface area contributed by atoms with E-state index >= 15 is 0 Å². The summed E-state index contributed by atoms with van der Waals surface area (Å²) in [6.45, 7) is 0. The van der Waals surface area contributed by atoms with Gasteiger partial charge in [0.25, 0.3) is 5.69 Å². The van der Waals surface area contributed by atoms with Crippen molar-refractivity contribution in [2.45, 2.75) is 12.8 Å². The molecule has 0 N–H and O–H groups in total. The molecule has 6 nitrogen and oxygen atoms in total. The Balaban J connectivity index is 1.68. The van der Waals surface area contributed by atoms with E-state index in [9.17, 15) is 19.7 Å². The van der Waals surface area contributed by atoms with Gasteiger partial charge in [0.15, 0.2) is 11.6 Å². The lowest BCUT2D eigenvalue weighted by molar-refractivity contribution is -0.383. The van der Waals surface area contributed by atoms with Crippen molar-refractivity contribution in [3.63, 3.8) is 0 Å². The van der Waals surface area contributed by atoms with Crippen LogP contribution in [0.3, 0.4) is 0 Å². The fraction of sp³-hybridized carbons (Fsp3) is 0.115. The predicted molar refractivity (Wildman–Crippen MR) is 122 cm³/mol. The van der Waals surface area contributed by atoms with Crippen molar-refractivity contribution in [1.29, 1.82) is 0 Å². The predicted octanol–water partition coefficient (Wildman–Crippen LogP) is 5.46. The number of hydrogen-bond acceptors (Lipinski definition) is 5. The quantitative estimate of drug-likeness (QED) is 0.213. The number of benzene rings is 3. The van der Waals surface area contributed by atoms with Crippen LogP contribution in [0.15, 0.2) is 91.0 Å². The van der Waals surface area contributed by atoms with Gasteiger partial charge in [-0.05, 0) is 6.07 Å². The lowest BCUT2D eigenvalue weighted by atomic mass is 9.87. The summed E-state index contributed by atoms with van der Waals surface area (Å²) in [5, 5.41) is 12.1. The highest BCUT2D eigenvalue weighted by Gasteiger charge is 2.25. The zero-order chi connectivity index (χ0) is 22.5. The molecule has 0 amide bonds. The van der Waals surface area contributed by atoms with Crippen molar-refractivity contribution in [2.24, 2.45) is 5.92 Å². The molecule has 3 aromatic carbocycles. The molecule has 6 heteroatoms. The van der Waals surface area contributed by atoms with E-state index in [1.807, 2.05) is 12.1 Å². The van der Waals surface area contributed by atoms with Gasteiger partial charge in [0.1, 0.15) is 5.52 Å². The van der Waals surface area contributed by atoms with Gasteiger partial charge in [-0.25, -0.2) is 4.98 Å². The summed E-state index contributed by atoms with van der Waals surface area (Å²) in [6.07, 6.45) is 0.225. The molecule has 0 aliphatic rings. The lowest BCUT2D eigenvalue weighted by Gasteiger charge is -2.16. The first kappa shape index (κ1) is 21.1. The van der Waals surface area contributed by atoms with Crippen LogP contribution < -0.4 is 0 Å². The molecule has 4 rings (SSSR count). The smallest absolute Gasteiger partial charge is 0.294 e. The Bertz CT molecular complexity index is 1290. The summed E-state index contributed by atoms with van der Waals surface area (Å²) < 4.78 is 0. The number of nitro benzene ring substituents is 1. The van der Waals surface area contributed by atoms with Crippen LogP contribution in [0.25, 0.3) is 10.9 Å². The Labute approximate surface area is 184 Å². The summed E-state index contributed by atoms with van der Waals surface area (Å²) >= 11 is 0. The second kappa shape index (κ2) is 9.31. The minimum atomic E-state index is -0.641. The number of ketones is 2. The number of nitrogens with zero attached hydrogens (tertiary/aromatic N) is 2. The van der Waals surface area contributed by atoms with E-state index in [-0.39, 0.29) is 35.6 Å². The third kappa shape index (κ3) is 4.59. The van der Waals surface area contributed by atoms with Crippen LogP contribution in [0.5, 0.6) is 0 Å². The van der Waals surface area contributed by atoms with Crippen LogP contribution in [-0.4, -0.2) is 21.5 Å². The average molecular weight is 424 g/mol. The van der Waals surface area contributed by atoms with E-state index in [0.717, 1.165) is 0 Å². The van der Waals surface area contributed by atoms with E-state index in [4.69, 9.17) is 0 Å². The molecule has 0 aliphatic carbocycles. The maximum absolute atomic E-state index is 13.3. The zero-order valence-corrected chi connectivity index (χ0v) is 17.2. The third-order valence-electron chi connectivity index (χ3n) is 5.37. The molecule has 32 heavy (non-hydrogen) atoms. The number of carbonyl (C=O) groups excluding carboxylic acids is 2. The molecule has 0 radical (unpaired) electrons. The fourth-order valence-electron chi connectivity index (χ4n) is 3.75. The van der Waals surface area contributed by atoms with Gasteiger partial charge in [-0.2, -0.15) is 0 Å². The molecule has 1 atom stereocenters. The van der Waals surface area contributed by atoms with Crippen LogP contribution in [0.2, 0.25) is 0 Å². The molecule has 0 saturated heterocycles. The monoisotopic (exact) mass is 424 g/mol. The van der Waals surface area contributed by atoms with E-state index in [1.54, 1.807) is 72.8 Å². The third-order valence-corrected chi connectivity index (χ3v) is 5.37. The number of hydrogen-bond donors (Lipinski definition) is 0. The molecule has 0 bridgehead atoms. The average Bonchev–Trinajstić information content (AvgIpc) is 2.83. The second-order valence-electron chi connectivity index (χ2n) is 7.53. The van der Waals surface area contributed by atoms with Crippen molar-refractivity contribution in [3.8, 4) is 0 Å². The van der Waals surface area contributed by atoms with Gasteiger partial charge in [-0.3, -0.25) is 19.7 Å². The number of nitro groups is 1. The standard InChI is InChI=1S/C26H20N2O4/c29-24(18-8-3-1-4-9-18)17-21(26(30)20-10-5-2-6-11-20)16-22-15-14-19-12-7-13-23(28(31)32)25(19)27-22/h1-15,21H,16-17H2. The van der Waals surface area contributed by atoms with E-state index in [1.165, 1.54) is 6.07 Å². The van der Waals surface area contributed by atoms with Crippen molar-refractivity contribution >= 4 is 28.2 Å². The van der Waals surface area contributed by atoms with Gasteiger partial charge in [0.2, 0.25) is 0 Å². The van der Waals surface area contributed by atoms with E-state index in [2.05, 4.69) is 4.98 Å². The zero-order valence-electron chi connectivity index (χ0n) is 17.2. The van der Waals surface area contributed by atoms with Gasteiger partial charge >= 0.3 is 0 Å². The first-order chi connectivity index (χ1) is 15.5. The van der Waals surface area contributed by atoms with Crippen molar-refractivity contribution in [3.05, 3.63) is 118 Å². The number of fused-ring (bicyclic) bond motifs is 1. The Morgan fingerprint density at radius 2 is 1.47 bits per heavy atom. The highest BCUT2D eigenvalue weighted by molar-refractivity contribution is 6.03. The van der Waals surface area contributed by atoms with Crippen molar-refractivity contribution < 1.29 is 14.5 Å². The lowest BCUT2D eigenvalue weighted by Crippen LogP contribution is -2.22. The molecule has 0 aliphatic heterocycles. The SMILES string of the molecule is O=C(CC(Cc1ccc2cccc([N+](=O)[O-])c2n1)C(=O)c1ccccc1)c1ccccc1. The number of pyridine rings is 1. The summed E-state index contributed by atoms with van der Waals surface area (Å²) in [6, 6.07) is 26.0. The Morgan fingerprint density at radius 1 is 0.812 bits per heavy atom. The van der Waals surface area contributed by atoms with Crippen LogP contribution in [0, 0.1) is 16.0 Å². The minimum Gasteiger partial charge on any atom is -0.294 e. The molecule has 0 spiro atoms. The topological polar surface area (TPSA) is 90.2 Å². The molecular formula is C26H20N2O4. The summed E-state index contributed by atoms with van der Waals surface area (Å²) in [7, 11) is 0. The minimum absolute atomic E-state index is 0.0222. The van der Waals surface area contributed by atoms with Crippen LogP contribution in [0.4, 0.5) is 5.69 Å². The second-order valence-corrected chi connectivity index (χ2v) is 7.53. The molecule has 0 saturated carbocycles. The Morgan fingerprint density at radius 3 is 2.12 bits per heavy atom. The molecule has 1 aromatic heterocycles. The number of para-hydroxylation sites is 1. The van der Waals surface area contributed by atoms with Crippen LogP contribution in [-0.2, 0) is 6.42 Å². The van der Waals surface area contributed by atoms with Crippen molar-refractivity contribution in [1.82, 2.24) is 4.98 Å². The van der Waals surface area contributed by atoms with E-state index < -0.39 is 10.8 Å². The van der Waals surface area contributed by atoms with Gasteiger partial charge in [0.05, 0.1) is 4.92 Å². The summed E-state index contributed by atoms with van der Waals surface area (Å²) in [4.78, 5) is 41.6. The molecule has 4 aromatic rings. The number of aromatic nitrogens is 1. The molecule has 1 unspecified atom stereocenters. The maximum Gasteiger partial charge on any atom is 0.295 e. The van der Waals surface area contributed by atoms with Gasteiger partial charge in [0, 0.05) is 47.0 Å². The molecule has 1 heterocycles. The summed E-state index contributed by atoms with van der Waals surface area (Å²) in [5.41, 5.74) is 1.78. The Kier molecular flexibility index (Phi) is 6.12. The maximum atomic E-state index is 13.3. The van der Waals surface area contributed by atoms with Gasteiger partial charge < -0.3 is 0 Å². The summed E-state index contributed by atoms with van der Waals surface area (Å²) in [5.74, 6) is -0.927. The molecule has 0 fully saturated rings. The van der Waals surface area contributed by atoms with Crippen molar-refractivity contribution in [2.75, 3.05) is 0 Å². The first-order valence-electron chi connectivity index (χ1n) is 10.2. The Hall–Kier alpha value is -4.19. The van der Waals surface area contributed by atoms with Crippen LogP contribution in [0.1, 0.15) is 32.8 Å². The largest absolute Gasteiger partial charge is 0.295 e. The fourth-order valence-corrected chi connectivity index (χ4v) is 3.75. The first-order valence-corrected chi connectivity index (χ1v) is 10.2. The highest BCUT2D eigenvalue weighted by Crippen LogP contribution is 2.26. The normalized spacial score (nSPS) is 11.8. The number of non-ortho nitro benzene ring substituents is 1. The number of Topliss-reactive ketones (excluding diaryl/α,β-unsaturated/α-hetero) is 2. The van der Waals surface area contributed by atoms with Gasteiger partial charge in [-0.15, -0.1) is 0 Å². The highest BCUT2D eigenvalue weighted by atomic mass is 16.6. The number of carbonyl (C=O) groups is 2. The molecule has 158 valence electrons.